The first kappa shape index (κ1) is 29.5. The summed E-state index contributed by atoms with van der Waals surface area (Å²) in [6.45, 7) is 3.63. The number of ether oxygens (including phenoxy) is 2. The topological polar surface area (TPSA) is 103 Å². The number of methoxy groups -OCH3 is 1. The molecule has 9 nitrogen and oxygen atoms in total. The molecule has 1 amide bonds. The molecule has 3 aromatic carbocycles. The van der Waals surface area contributed by atoms with E-state index in [-0.39, 0.29) is 18.1 Å². The van der Waals surface area contributed by atoms with Crippen LogP contribution in [-0.4, -0.2) is 35.9 Å². The Balaban J connectivity index is 1.59. The molecule has 0 unspecified atom stereocenters. The average molecular weight is 672 g/mol. The van der Waals surface area contributed by atoms with Gasteiger partial charge in [-0.1, -0.05) is 75.8 Å². The third-order valence-electron chi connectivity index (χ3n) is 7.36. The van der Waals surface area contributed by atoms with Gasteiger partial charge in [-0.05, 0) is 50.3 Å². The summed E-state index contributed by atoms with van der Waals surface area (Å²) in [7, 11) is 1.54. The van der Waals surface area contributed by atoms with E-state index >= 15 is 0 Å². The number of aromatic nitrogens is 1. The Kier molecular flexibility index (Phi) is 8.15. The molecule has 0 aliphatic carbocycles. The maximum Gasteiger partial charge on any atom is 0.338 e. The van der Waals surface area contributed by atoms with Crippen LogP contribution in [0.5, 0.6) is 5.75 Å². The molecule has 0 bridgehead atoms. The summed E-state index contributed by atoms with van der Waals surface area (Å²) in [6.07, 6.45) is 1.64. The van der Waals surface area contributed by atoms with Gasteiger partial charge in [0.15, 0.2) is 4.80 Å². The third kappa shape index (κ3) is 5.22. The molecule has 44 heavy (non-hydrogen) atoms. The summed E-state index contributed by atoms with van der Waals surface area (Å²) in [4.78, 5) is 46.8. The van der Waals surface area contributed by atoms with Crippen molar-refractivity contribution in [1.29, 1.82) is 0 Å². The predicted octanol–water partition coefficient (Wildman–Crippen LogP) is 4.70. The molecule has 2 aliphatic rings. The van der Waals surface area contributed by atoms with E-state index in [1.54, 1.807) is 38.1 Å². The molecule has 4 aromatic rings. The molecule has 3 heterocycles. The number of halogens is 1. The van der Waals surface area contributed by atoms with Gasteiger partial charge < -0.3 is 9.47 Å². The number of carbonyl (C=O) groups is 2. The minimum absolute atomic E-state index is 0.136. The van der Waals surface area contributed by atoms with Crippen molar-refractivity contribution in [3.63, 3.8) is 0 Å². The lowest BCUT2D eigenvalue weighted by atomic mass is 9.92. The minimum atomic E-state index is -0.926. The highest BCUT2D eigenvalue weighted by Gasteiger charge is 2.38. The van der Waals surface area contributed by atoms with Crippen LogP contribution in [0, 0.1) is 5.92 Å². The van der Waals surface area contributed by atoms with Gasteiger partial charge in [-0.15, -0.1) is 0 Å². The van der Waals surface area contributed by atoms with Gasteiger partial charge in [0.05, 0.1) is 40.9 Å². The van der Waals surface area contributed by atoms with E-state index in [4.69, 9.17) is 14.5 Å². The highest BCUT2D eigenvalue weighted by atomic mass is 79.9. The highest BCUT2D eigenvalue weighted by molar-refractivity contribution is 9.10. The summed E-state index contributed by atoms with van der Waals surface area (Å²) in [5.41, 5.74) is 2.68. The molecule has 1 aromatic heterocycles. The zero-order valence-electron chi connectivity index (χ0n) is 24.1. The van der Waals surface area contributed by atoms with Crippen molar-refractivity contribution in [2.24, 2.45) is 16.0 Å². The summed E-state index contributed by atoms with van der Waals surface area (Å²) < 4.78 is 13.8. The maximum atomic E-state index is 14.3. The summed E-state index contributed by atoms with van der Waals surface area (Å²) in [5.74, 6) is -1.12. The van der Waals surface area contributed by atoms with E-state index in [1.165, 1.54) is 16.7 Å². The number of fused-ring (bicyclic) bond motifs is 1. The number of para-hydroxylation sites is 1. The first-order valence-electron chi connectivity index (χ1n) is 13.9. The molecule has 0 saturated carbocycles. The second-order valence-electron chi connectivity index (χ2n) is 10.0. The van der Waals surface area contributed by atoms with Gasteiger partial charge in [0.2, 0.25) is 0 Å². The van der Waals surface area contributed by atoms with Crippen molar-refractivity contribution in [3.8, 4) is 5.75 Å². The number of nitrogens with zero attached hydrogens (tertiary/aromatic N) is 4. The Labute approximate surface area is 265 Å². The minimum Gasteiger partial charge on any atom is -0.496 e. The number of amides is 1. The zero-order valence-corrected chi connectivity index (χ0v) is 26.5. The lowest BCUT2D eigenvalue weighted by Gasteiger charge is -2.27. The molecule has 6 rings (SSSR count). The van der Waals surface area contributed by atoms with Gasteiger partial charge in [-0.2, -0.15) is 10.1 Å². The predicted molar refractivity (Wildman–Crippen MR) is 173 cm³/mol. The smallest absolute Gasteiger partial charge is 0.338 e. The Hall–Kier alpha value is -4.61. The highest BCUT2D eigenvalue weighted by Crippen LogP contribution is 2.40. The van der Waals surface area contributed by atoms with Gasteiger partial charge in [0.25, 0.3) is 11.5 Å². The number of esters is 1. The van der Waals surface area contributed by atoms with Crippen molar-refractivity contribution >= 4 is 62.3 Å². The quantitative estimate of drug-likeness (QED) is 0.265. The molecule has 2 aliphatic heterocycles. The Bertz CT molecular complexity index is 2020. The largest absolute Gasteiger partial charge is 0.496 e. The molecule has 0 N–H and O–H groups in total. The van der Waals surface area contributed by atoms with E-state index in [0.29, 0.717) is 43.3 Å². The van der Waals surface area contributed by atoms with Crippen molar-refractivity contribution in [2.75, 3.05) is 18.7 Å². The van der Waals surface area contributed by atoms with E-state index < -0.39 is 23.5 Å². The maximum absolute atomic E-state index is 14.3. The first-order chi connectivity index (χ1) is 21.3. The van der Waals surface area contributed by atoms with Crippen LogP contribution in [0.15, 0.2) is 104 Å². The molecule has 0 radical (unpaired) electrons. The summed E-state index contributed by atoms with van der Waals surface area (Å²) in [6, 6.07) is 22.9. The number of anilines is 1. The number of hydrogen-bond donors (Lipinski definition) is 0. The van der Waals surface area contributed by atoms with Crippen LogP contribution >= 0.6 is 27.3 Å². The van der Waals surface area contributed by atoms with Crippen LogP contribution in [0.3, 0.4) is 0 Å². The second kappa shape index (κ2) is 12.2. The van der Waals surface area contributed by atoms with Crippen LogP contribution in [0.1, 0.15) is 31.0 Å². The second-order valence-corrected chi connectivity index (χ2v) is 12.0. The van der Waals surface area contributed by atoms with Crippen molar-refractivity contribution in [2.45, 2.75) is 19.9 Å². The number of benzene rings is 3. The van der Waals surface area contributed by atoms with Gasteiger partial charge >= 0.3 is 5.97 Å². The van der Waals surface area contributed by atoms with Gasteiger partial charge in [0.1, 0.15) is 17.7 Å². The number of carbonyl (C=O) groups excluding carboxylic acids is 2. The molecular weight excluding hydrogens is 644 g/mol. The molecule has 0 saturated heterocycles. The molecule has 222 valence electrons. The Morgan fingerprint density at radius 1 is 1.05 bits per heavy atom. The van der Waals surface area contributed by atoms with Crippen molar-refractivity contribution < 1.29 is 19.1 Å². The van der Waals surface area contributed by atoms with Gasteiger partial charge in [-0.3, -0.25) is 14.2 Å². The number of hydrazone groups is 1. The fraction of sp³-hybridized carbons (Fsp3) is 0.182. The molecule has 11 heteroatoms. The number of hydrogen-bond acceptors (Lipinski definition) is 8. The summed E-state index contributed by atoms with van der Waals surface area (Å²) >= 11 is 4.70. The zero-order chi connectivity index (χ0) is 31.0. The number of rotatable bonds is 7. The van der Waals surface area contributed by atoms with Crippen LogP contribution < -0.4 is 24.6 Å². The lowest BCUT2D eigenvalue weighted by Crippen LogP contribution is -2.40. The van der Waals surface area contributed by atoms with E-state index in [1.807, 2.05) is 60.7 Å². The average Bonchev–Trinajstić information content (AvgIpc) is 3.51. The lowest BCUT2D eigenvalue weighted by molar-refractivity contribution is -0.138. The SMILES string of the molecule is CCOC(=O)C1=C(c2ccccc2)N=c2s/c(=C\[C@H]3C(=O)N(c4ccccc4)N=C3C)c(=O)n2[C@@H]1c1cc(Br)ccc1OC. The Morgan fingerprint density at radius 3 is 2.43 bits per heavy atom. The van der Waals surface area contributed by atoms with E-state index in [2.05, 4.69) is 21.0 Å². The van der Waals surface area contributed by atoms with Crippen LogP contribution in [0.25, 0.3) is 11.8 Å². The Morgan fingerprint density at radius 2 is 1.75 bits per heavy atom. The fourth-order valence-corrected chi connectivity index (χ4v) is 6.73. The monoisotopic (exact) mass is 670 g/mol. The molecule has 0 fully saturated rings. The van der Waals surface area contributed by atoms with Crippen molar-refractivity contribution in [3.05, 3.63) is 120 Å². The fourth-order valence-electron chi connectivity index (χ4n) is 5.34. The number of thiazole rings is 1. The third-order valence-corrected chi connectivity index (χ3v) is 8.86. The van der Waals surface area contributed by atoms with Gasteiger partial charge in [0, 0.05) is 15.6 Å². The van der Waals surface area contributed by atoms with Crippen molar-refractivity contribution in [1.82, 2.24) is 4.57 Å². The van der Waals surface area contributed by atoms with E-state index in [9.17, 15) is 14.4 Å². The van der Waals surface area contributed by atoms with E-state index in [0.717, 1.165) is 15.8 Å². The standard InChI is InChI=1S/C33H27BrN4O5S/c1-4-43-32(41)27-28(20-11-7-5-8-12-20)35-33-37(29(27)24-17-21(34)15-16-25(24)42-3)31(40)26(44-33)18-23-19(2)36-38(30(23)39)22-13-9-6-10-14-22/h5-18,23,29H,4H2,1-3H3/b26-18-/t23-,29-/m1/s1. The molecular formula is C33H27BrN4O5S. The van der Waals surface area contributed by atoms with Gasteiger partial charge in [-0.25, -0.2) is 9.79 Å². The van der Waals surface area contributed by atoms with Crippen LogP contribution in [0.4, 0.5) is 5.69 Å². The molecule has 2 atom stereocenters. The summed E-state index contributed by atoms with van der Waals surface area (Å²) in [5, 5.41) is 5.84. The normalized spacial score (nSPS) is 18.2. The van der Waals surface area contributed by atoms with Crippen LogP contribution in [-0.2, 0) is 14.3 Å². The molecule has 0 spiro atoms. The first-order valence-corrected chi connectivity index (χ1v) is 15.5. The van der Waals surface area contributed by atoms with Crippen LogP contribution in [0.2, 0.25) is 0 Å².